The molecule has 7 nitrogen and oxygen atoms in total. The first kappa shape index (κ1) is 25.8. The number of nitrogens with one attached hydrogen (secondary N) is 1. The lowest BCUT2D eigenvalue weighted by Gasteiger charge is -2.17. The average molecular weight is 504 g/mol. The van der Waals surface area contributed by atoms with Gasteiger partial charge in [-0.2, -0.15) is 13.2 Å². The van der Waals surface area contributed by atoms with Crippen LogP contribution in [0.4, 0.5) is 19.0 Å². The molecule has 0 aliphatic carbocycles. The van der Waals surface area contributed by atoms with Gasteiger partial charge in [0.2, 0.25) is 11.1 Å². The molecule has 1 amide bonds. The number of hydrogen-bond acceptors (Lipinski definition) is 6. The van der Waals surface area contributed by atoms with Gasteiger partial charge in [-0.25, -0.2) is 9.97 Å². The Morgan fingerprint density at radius 1 is 1.06 bits per heavy atom. The van der Waals surface area contributed by atoms with Crippen molar-refractivity contribution in [3.63, 3.8) is 0 Å². The van der Waals surface area contributed by atoms with Gasteiger partial charge in [-0.1, -0.05) is 25.3 Å². The number of nitrogens with zero attached hydrogens (tertiary/aromatic N) is 4. The van der Waals surface area contributed by atoms with Gasteiger partial charge in [0.15, 0.2) is 5.82 Å². The van der Waals surface area contributed by atoms with E-state index in [1.54, 1.807) is 11.1 Å². The number of likely N-dealkylation sites (tertiary alicyclic amines) is 1. The van der Waals surface area contributed by atoms with E-state index >= 15 is 0 Å². The summed E-state index contributed by atoms with van der Waals surface area (Å²) in [5, 5.41) is 2.80. The largest absolute Gasteiger partial charge is 0.416 e. The van der Waals surface area contributed by atoms with E-state index in [2.05, 4.69) is 33.4 Å². The lowest BCUT2D eigenvalue weighted by Crippen LogP contribution is -2.30. The van der Waals surface area contributed by atoms with Crippen molar-refractivity contribution in [1.29, 1.82) is 0 Å². The Kier molecular flexibility index (Phi) is 8.18. The second-order valence-electron chi connectivity index (χ2n) is 7.48. The number of halogens is 4. The molecule has 4 rings (SSSR count). The molecule has 1 atom stereocenters. The number of fused-ring (bicyclic) bond motifs is 1. The van der Waals surface area contributed by atoms with Crippen LogP contribution in [-0.2, 0) is 15.8 Å². The lowest BCUT2D eigenvalue weighted by atomic mass is 10.0. The highest BCUT2D eigenvalue weighted by Gasteiger charge is 2.30. The molecule has 1 aromatic carbocycles. The van der Waals surface area contributed by atoms with Gasteiger partial charge in [0, 0.05) is 43.3 Å². The number of benzene rings is 1. The number of allylic oxidation sites excluding steroid dienone is 1. The van der Waals surface area contributed by atoms with Crippen molar-refractivity contribution in [2.45, 2.75) is 18.6 Å². The summed E-state index contributed by atoms with van der Waals surface area (Å²) in [5.41, 5.74) is 1.49. The Morgan fingerprint density at radius 2 is 1.69 bits per heavy atom. The molecule has 1 fully saturated rings. The molecular formula is C24H21ClF3N5O2. The molecule has 1 aliphatic heterocycles. The van der Waals surface area contributed by atoms with Gasteiger partial charge in [-0.05, 0) is 47.9 Å². The summed E-state index contributed by atoms with van der Waals surface area (Å²) in [7, 11) is 0. The lowest BCUT2D eigenvalue weighted by molar-refractivity contribution is -0.137. The third-order valence-corrected chi connectivity index (χ3v) is 5.35. The molecule has 182 valence electrons. The number of hydrogen-bond donors (Lipinski definition) is 1. The fourth-order valence-corrected chi connectivity index (χ4v) is 3.52. The second kappa shape index (κ2) is 11.1. The summed E-state index contributed by atoms with van der Waals surface area (Å²) in [6.07, 6.45) is 3.33. The van der Waals surface area contributed by atoms with Crippen molar-refractivity contribution in [3.05, 3.63) is 73.7 Å². The highest BCUT2D eigenvalue weighted by Crippen LogP contribution is 2.33. The predicted octanol–water partition coefficient (Wildman–Crippen LogP) is 4.85. The van der Waals surface area contributed by atoms with Gasteiger partial charge in [0.25, 0.3) is 0 Å². The van der Waals surface area contributed by atoms with Gasteiger partial charge in [-0.15, -0.1) is 0 Å². The monoisotopic (exact) mass is 503 g/mol. The topological polar surface area (TPSA) is 88.1 Å². The van der Waals surface area contributed by atoms with E-state index in [9.17, 15) is 22.8 Å². The van der Waals surface area contributed by atoms with E-state index in [1.807, 2.05) is 0 Å². The molecule has 1 saturated heterocycles. The van der Waals surface area contributed by atoms with E-state index in [1.165, 1.54) is 30.6 Å². The molecule has 1 aliphatic rings. The summed E-state index contributed by atoms with van der Waals surface area (Å²) < 4.78 is 38.5. The Labute approximate surface area is 204 Å². The summed E-state index contributed by atoms with van der Waals surface area (Å²) in [4.78, 5) is 36.1. The minimum absolute atomic E-state index is 0.00326. The van der Waals surface area contributed by atoms with Crippen LogP contribution in [0.1, 0.15) is 12.0 Å². The zero-order valence-corrected chi connectivity index (χ0v) is 19.2. The number of carbonyl (C=O) groups is 2. The highest BCUT2D eigenvalue weighted by atomic mass is 35.5. The maximum atomic E-state index is 12.8. The smallest absolute Gasteiger partial charge is 0.364 e. The molecule has 0 bridgehead atoms. The second-order valence-corrected chi connectivity index (χ2v) is 7.85. The number of carbonyl (C=O) groups excluding carboxylic acids is 2. The van der Waals surface area contributed by atoms with E-state index in [0.717, 1.165) is 24.6 Å². The minimum atomic E-state index is -4.39. The van der Waals surface area contributed by atoms with Crippen LogP contribution < -0.4 is 5.32 Å². The van der Waals surface area contributed by atoms with Crippen molar-refractivity contribution >= 4 is 39.6 Å². The SMILES string of the molecule is C=CC(=O)Cl.C=CC(=O)N1CC[C@H](Nc2ncc(-c3ccc(C(F)(F)F)cc3)c3nccnc23)C1. The van der Waals surface area contributed by atoms with E-state index in [-0.39, 0.29) is 11.9 Å². The molecule has 0 radical (unpaired) electrons. The quantitative estimate of drug-likeness (QED) is 0.395. The van der Waals surface area contributed by atoms with Gasteiger partial charge in [0.1, 0.15) is 11.0 Å². The normalized spacial score (nSPS) is 15.2. The molecule has 1 N–H and O–H groups in total. The molecular weight excluding hydrogens is 483 g/mol. The summed E-state index contributed by atoms with van der Waals surface area (Å²) in [6, 6.07) is 4.87. The van der Waals surface area contributed by atoms with Crippen molar-refractivity contribution < 1.29 is 22.8 Å². The zero-order chi connectivity index (χ0) is 25.6. The van der Waals surface area contributed by atoms with Crippen molar-refractivity contribution in [3.8, 4) is 11.1 Å². The van der Waals surface area contributed by atoms with E-state index < -0.39 is 17.0 Å². The van der Waals surface area contributed by atoms with Gasteiger partial charge in [-0.3, -0.25) is 14.6 Å². The van der Waals surface area contributed by atoms with E-state index in [4.69, 9.17) is 11.6 Å². The third-order valence-electron chi connectivity index (χ3n) is 5.20. The highest BCUT2D eigenvalue weighted by molar-refractivity contribution is 6.66. The predicted molar refractivity (Wildman–Crippen MR) is 128 cm³/mol. The van der Waals surface area contributed by atoms with Crippen molar-refractivity contribution in [1.82, 2.24) is 19.9 Å². The number of anilines is 1. The number of aromatic nitrogens is 3. The van der Waals surface area contributed by atoms with Gasteiger partial charge >= 0.3 is 6.18 Å². The average Bonchev–Trinajstić information content (AvgIpc) is 3.32. The van der Waals surface area contributed by atoms with Crippen molar-refractivity contribution in [2.24, 2.45) is 0 Å². The van der Waals surface area contributed by atoms with Crippen LogP contribution in [0.3, 0.4) is 0 Å². The molecule has 3 heterocycles. The Morgan fingerprint density at radius 3 is 2.26 bits per heavy atom. The molecule has 0 saturated carbocycles. The number of rotatable bonds is 5. The molecule has 35 heavy (non-hydrogen) atoms. The molecule has 2 aromatic heterocycles. The van der Waals surface area contributed by atoms with Crippen LogP contribution in [0.5, 0.6) is 0 Å². The Hall–Kier alpha value is -3.79. The molecule has 3 aromatic rings. The third kappa shape index (κ3) is 6.42. The van der Waals surface area contributed by atoms with Crippen LogP contribution in [0.15, 0.2) is 68.2 Å². The fraction of sp³-hybridized carbons (Fsp3) is 0.208. The molecule has 11 heteroatoms. The Bertz CT molecular complexity index is 1250. The first-order chi connectivity index (χ1) is 16.6. The zero-order valence-electron chi connectivity index (χ0n) is 18.4. The molecule has 0 unspecified atom stereocenters. The maximum absolute atomic E-state index is 12.8. The summed E-state index contributed by atoms with van der Waals surface area (Å²) in [5.74, 6) is 0.404. The van der Waals surface area contributed by atoms with Crippen LogP contribution in [-0.4, -0.2) is 50.1 Å². The van der Waals surface area contributed by atoms with E-state index in [0.29, 0.717) is 41.1 Å². The first-order valence-corrected chi connectivity index (χ1v) is 10.8. The Balaban J connectivity index is 0.000000623. The maximum Gasteiger partial charge on any atom is 0.416 e. The van der Waals surface area contributed by atoms with Crippen LogP contribution in [0.2, 0.25) is 0 Å². The summed E-state index contributed by atoms with van der Waals surface area (Å²) in [6.45, 7) is 7.73. The molecule has 0 spiro atoms. The van der Waals surface area contributed by atoms with Crippen LogP contribution in [0, 0.1) is 0 Å². The standard InChI is InChI=1S/C21H18F3N5O.C3H3ClO/c1-2-17(30)29-10-7-15(12-29)28-20-19-18(25-8-9-26-19)16(11-27-20)13-3-5-14(6-4-13)21(22,23)24;1-2-3(4)5/h2-6,8-9,11,15H,1,7,10,12H2,(H,27,28);2H,1H2/t15-;/m0./s1. The van der Waals surface area contributed by atoms with Crippen LogP contribution >= 0.6 is 11.6 Å². The number of amides is 1. The van der Waals surface area contributed by atoms with Crippen molar-refractivity contribution in [2.75, 3.05) is 18.4 Å². The minimum Gasteiger partial charge on any atom is -0.364 e. The van der Waals surface area contributed by atoms with Gasteiger partial charge < -0.3 is 10.2 Å². The fourth-order valence-electron chi connectivity index (χ4n) is 3.52. The summed E-state index contributed by atoms with van der Waals surface area (Å²) >= 11 is 4.71. The van der Waals surface area contributed by atoms with Gasteiger partial charge in [0.05, 0.1) is 5.56 Å². The number of alkyl halides is 3. The van der Waals surface area contributed by atoms with Crippen LogP contribution in [0.25, 0.3) is 22.2 Å². The number of pyridine rings is 1. The first-order valence-electron chi connectivity index (χ1n) is 10.4.